The van der Waals surface area contributed by atoms with E-state index in [-0.39, 0.29) is 11.8 Å². The maximum atomic E-state index is 11.4. The number of anilines is 1. The SMILES string of the molecule is COC(=O)CCN(C)c1ccc2cc(C(C)=O)ccc2c1. The first-order chi connectivity index (χ1) is 10.0. The summed E-state index contributed by atoms with van der Waals surface area (Å²) in [6, 6.07) is 11.7. The number of hydrogen-bond acceptors (Lipinski definition) is 4. The van der Waals surface area contributed by atoms with Gasteiger partial charge in [0.25, 0.3) is 0 Å². The van der Waals surface area contributed by atoms with E-state index in [1.54, 1.807) is 6.92 Å². The number of rotatable bonds is 5. The lowest BCUT2D eigenvalue weighted by atomic mass is 10.0. The van der Waals surface area contributed by atoms with Gasteiger partial charge in [0.2, 0.25) is 0 Å². The van der Waals surface area contributed by atoms with Crippen molar-refractivity contribution in [1.82, 2.24) is 0 Å². The molecule has 0 unspecified atom stereocenters. The van der Waals surface area contributed by atoms with Crippen LogP contribution in [0.1, 0.15) is 23.7 Å². The molecule has 2 aromatic carbocycles. The van der Waals surface area contributed by atoms with Gasteiger partial charge in [-0.3, -0.25) is 9.59 Å². The van der Waals surface area contributed by atoms with Crippen molar-refractivity contribution < 1.29 is 14.3 Å². The van der Waals surface area contributed by atoms with Crippen LogP contribution in [0.25, 0.3) is 10.8 Å². The van der Waals surface area contributed by atoms with E-state index in [4.69, 9.17) is 0 Å². The van der Waals surface area contributed by atoms with Gasteiger partial charge in [-0.05, 0) is 35.9 Å². The fraction of sp³-hybridized carbons (Fsp3) is 0.294. The maximum Gasteiger partial charge on any atom is 0.307 e. The molecule has 0 heterocycles. The molecule has 21 heavy (non-hydrogen) atoms. The summed E-state index contributed by atoms with van der Waals surface area (Å²) in [6.07, 6.45) is 0.355. The molecule has 2 aromatic rings. The van der Waals surface area contributed by atoms with Crippen LogP contribution >= 0.6 is 0 Å². The summed E-state index contributed by atoms with van der Waals surface area (Å²) in [5.41, 5.74) is 1.75. The molecule has 0 aromatic heterocycles. The van der Waals surface area contributed by atoms with Crippen molar-refractivity contribution in [2.45, 2.75) is 13.3 Å². The highest BCUT2D eigenvalue weighted by atomic mass is 16.5. The fourth-order valence-corrected chi connectivity index (χ4v) is 2.18. The number of ketones is 1. The first kappa shape index (κ1) is 15.0. The van der Waals surface area contributed by atoms with Crippen LogP contribution < -0.4 is 4.90 Å². The van der Waals surface area contributed by atoms with E-state index < -0.39 is 0 Å². The molecule has 0 aliphatic rings. The second kappa shape index (κ2) is 6.39. The lowest BCUT2D eigenvalue weighted by Gasteiger charge is -2.19. The van der Waals surface area contributed by atoms with Crippen LogP contribution in [0, 0.1) is 0 Å². The third-order valence-electron chi connectivity index (χ3n) is 3.55. The first-order valence-electron chi connectivity index (χ1n) is 6.84. The molecule has 0 N–H and O–H groups in total. The Kier molecular flexibility index (Phi) is 4.58. The van der Waals surface area contributed by atoms with Crippen LogP contribution in [0.5, 0.6) is 0 Å². The van der Waals surface area contributed by atoms with Gasteiger partial charge in [-0.1, -0.05) is 18.2 Å². The van der Waals surface area contributed by atoms with Gasteiger partial charge in [-0.2, -0.15) is 0 Å². The Morgan fingerprint density at radius 1 is 1.10 bits per heavy atom. The second-order valence-corrected chi connectivity index (χ2v) is 5.05. The van der Waals surface area contributed by atoms with Gasteiger partial charge in [-0.15, -0.1) is 0 Å². The molecule has 0 saturated heterocycles. The number of carbonyl (C=O) groups excluding carboxylic acids is 2. The average molecular weight is 285 g/mol. The number of esters is 1. The molecular formula is C17H19NO3. The van der Waals surface area contributed by atoms with E-state index in [9.17, 15) is 9.59 Å². The van der Waals surface area contributed by atoms with E-state index in [2.05, 4.69) is 10.8 Å². The normalized spacial score (nSPS) is 10.4. The predicted octanol–water partition coefficient (Wildman–Crippen LogP) is 3.04. The minimum atomic E-state index is -0.214. The van der Waals surface area contributed by atoms with Crippen molar-refractivity contribution in [2.24, 2.45) is 0 Å². The Balaban J connectivity index is 2.20. The standard InChI is InChI=1S/C17H19NO3/c1-12(19)13-4-5-15-11-16(7-6-14(15)10-13)18(2)9-8-17(20)21-3/h4-7,10-11H,8-9H2,1-3H3. The molecule has 0 fully saturated rings. The van der Waals surface area contributed by atoms with E-state index in [1.807, 2.05) is 42.3 Å². The highest BCUT2D eigenvalue weighted by Gasteiger charge is 2.07. The molecule has 4 nitrogen and oxygen atoms in total. The highest BCUT2D eigenvalue weighted by molar-refractivity contribution is 5.99. The van der Waals surface area contributed by atoms with Gasteiger partial charge in [0, 0.05) is 24.8 Å². The summed E-state index contributed by atoms with van der Waals surface area (Å²) < 4.78 is 4.64. The zero-order valence-electron chi connectivity index (χ0n) is 12.6. The molecule has 4 heteroatoms. The smallest absolute Gasteiger partial charge is 0.307 e. The quantitative estimate of drug-likeness (QED) is 0.626. The molecular weight excluding hydrogens is 266 g/mol. The molecule has 0 bridgehead atoms. The van der Waals surface area contributed by atoms with Crippen molar-refractivity contribution in [1.29, 1.82) is 0 Å². The number of fused-ring (bicyclic) bond motifs is 1. The van der Waals surface area contributed by atoms with Gasteiger partial charge in [-0.25, -0.2) is 0 Å². The highest BCUT2D eigenvalue weighted by Crippen LogP contribution is 2.23. The van der Waals surface area contributed by atoms with Gasteiger partial charge in [0.1, 0.15) is 0 Å². The van der Waals surface area contributed by atoms with Gasteiger partial charge in [0.05, 0.1) is 13.5 Å². The largest absolute Gasteiger partial charge is 0.469 e. The van der Waals surface area contributed by atoms with Crippen molar-refractivity contribution in [3.63, 3.8) is 0 Å². The van der Waals surface area contributed by atoms with E-state index in [0.717, 1.165) is 16.5 Å². The first-order valence-corrected chi connectivity index (χ1v) is 6.84. The molecule has 2 rings (SSSR count). The summed E-state index contributed by atoms with van der Waals surface area (Å²) in [4.78, 5) is 24.6. The zero-order valence-corrected chi connectivity index (χ0v) is 12.6. The van der Waals surface area contributed by atoms with Crippen LogP contribution in [-0.2, 0) is 9.53 Å². The topological polar surface area (TPSA) is 46.6 Å². The monoisotopic (exact) mass is 285 g/mol. The molecule has 110 valence electrons. The van der Waals surface area contributed by atoms with E-state index in [0.29, 0.717) is 18.5 Å². The van der Waals surface area contributed by atoms with Gasteiger partial charge in [0.15, 0.2) is 5.78 Å². The molecule has 0 spiro atoms. The number of carbonyl (C=O) groups is 2. The summed E-state index contributed by atoms with van der Waals surface area (Å²) in [7, 11) is 3.33. The molecule has 0 aliphatic carbocycles. The number of Topliss-reactive ketones (excluding diaryl/α,β-unsaturated/α-hetero) is 1. The van der Waals surface area contributed by atoms with Crippen molar-refractivity contribution >= 4 is 28.2 Å². The van der Waals surface area contributed by atoms with Crippen LogP contribution in [0.3, 0.4) is 0 Å². The minimum Gasteiger partial charge on any atom is -0.469 e. The van der Waals surface area contributed by atoms with Crippen LogP contribution in [0.4, 0.5) is 5.69 Å². The van der Waals surface area contributed by atoms with E-state index >= 15 is 0 Å². The van der Waals surface area contributed by atoms with Crippen molar-refractivity contribution in [2.75, 3.05) is 25.6 Å². The number of nitrogens with zero attached hydrogens (tertiary/aromatic N) is 1. The Bertz CT molecular complexity index is 679. The maximum absolute atomic E-state index is 11.4. The average Bonchev–Trinajstić information content (AvgIpc) is 2.50. The fourth-order valence-electron chi connectivity index (χ4n) is 2.18. The summed E-state index contributed by atoms with van der Waals surface area (Å²) in [6.45, 7) is 2.17. The Morgan fingerprint density at radius 3 is 2.43 bits per heavy atom. The molecule has 0 atom stereocenters. The lowest BCUT2D eigenvalue weighted by Crippen LogP contribution is -2.21. The number of hydrogen-bond donors (Lipinski definition) is 0. The number of ether oxygens (including phenoxy) is 1. The van der Waals surface area contributed by atoms with Gasteiger partial charge >= 0.3 is 5.97 Å². The van der Waals surface area contributed by atoms with Crippen LogP contribution in [0.15, 0.2) is 36.4 Å². The minimum absolute atomic E-state index is 0.0659. The Morgan fingerprint density at radius 2 is 1.76 bits per heavy atom. The second-order valence-electron chi connectivity index (χ2n) is 5.05. The summed E-state index contributed by atoms with van der Waals surface area (Å²) in [5, 5.41) is 2.11. The van der Waals surface area contributed by atoms with Gasteiger partial charge < -0.3 is 9.64 Å². The molecule has 0 saturated carbocycles. The van der Waals surface area contributed by atoms with Crippen LogP contribution in [0.2, 0.25) is 0 Å². The van der Waals surface area contributed by atoms with Crippen LogP contribution in [-0.4, -0.2) is 32.5 Å². The Hall–Kier alpha value is -2.36. The third kappa shape index (κ3) is 3.60. The number of methoxy groups -OCH3 is 1. The lowest BCUT2D eigenvalue weighted by molar-refractivity contribution is -0.140. The van der Waals surface area contributed by atoms with Crippen molar-refractivity contribution in [3.05, 3.63) is 42.0 Å². The zero-order chi connectivity index (χ0) is 15.4. The van der Waals surface area contributed by atoms with Crippen molar-refractivity contribution in [3.8, 4) is 0 Å². The summed E-state index contributed by atoms with van der Waals surface area (Å²) in [5.74, 6) is -0.148. The predicted molar refractivity (Wildman–Crippen MR) is 83.9 cm³/mol. The van der Waals surface area contributed by atoms with E-state index in [1.165, 1.54) is 7.11 Å². The number of benzene rings is 2. The third-order valence-corrected chi connectivity index (χ3v) is 3.55. The molecule has 0 radical (unpaired) electrons. The summed E-state index contributed by atoms with van der Waals surface area (Å²) >= 11 is 0. The molecule has 0 amide bonds. The Labute approximate surface area is 124 Å². The molecule has 0 aliphatic heterocycles.